The van der Waals surface area contributed by atoms with Gasteiger partial charge in [-0.05, 0) is 12.1 Å². The maximum absolute atomic E-state index is 12.3. The molecule has 0 fully saturated rings. The molecule has 0 aliphatic carbocycles. The minimum atomic E-state index is -0.120. The molecule has 7 heteroatoms. The number of carbonyl (C=O) groups excluding carboxylic acids is 1. The summed E-state index contributed by atoms with van der Waals surface area (Å²) in [7, 11) is 1.51. The Morgan fingerprint density at radius 1 is 1.43 bits per heavy atom. The molecule has 0 bridgehead atoms. The first kappa shape index (κ1) is 15.2. The van der Waals surface area contributed by atoms with Crippen molar-refractivity contribution < 1.29 is 9.63 Å². The minimum Gasteiger partial charge on any atom is -0.279 e. The highest BCUT2D eigenvalue weighted by Crippen LogP contribution is 2.31. The molecule has 2 aromatic heterocycles. The maximum atomic E-state index is 12.3. The molecule has 1 amide bonds. The summed E-state index contributed by atoms with van der Waals surface area (Å²) in [6.45, 7) is 1.78. The molecule has 2 heterocycles. The van der Waals surface area contributed by atoms with E-state index in [9.17, 15) is 4.79 Å². The number of nitrogens with zero attached hydrogens (tertiary/aromatic N) is 3. The molecule has 0 aliphatic heterocycles. The second-order valence-electron chi connectivity index (χ2n) is 4.12. The Hall–Kier alpha value is -2.18. The maximum Gasteiger partial charge on any atom is 0.232 e. The number of aromatic nitrogens is 2. The van der Waals surface area contributed by atoms with Crippen molar-refractivity contribution in [2.24, 2.45) is 0 Å². The Labute approximate surface area is 127 Å². The minimum absolute atomic E-state index is 0.120. The van der Waals surface area contributed by atoms with Gasteiger partial charge in [0.05, 0.1) is 23.5 Å². The Morgan fingerprint density at radius 2 is 2.24 bits per heavy atom. The SMILES string of the molecule is CCC(=O)N(c1cc(NOC)ccn1)c1ccncc1Cl. The zero-order valence-electron chi connectivity index (χ0n) is 11.7. The van der Waals surface area contributed by atoms with Crippen molar-refractivity contribution in [3.8, 4) is 0 Å². The number of carbonyl (C=O) groups is 1. The molecule has 0 aromatic carbocycles. The molecule has 110 valence electrons. The molecule has 0 aliphatic rings. The Kier molecular flexibility index (Phi) is 5.08. The number of hydrogen-bond acceptors (Lipinski definition) is 5. The summed E-state index contributed by atoms with van der Waals surface area (Å²) in [5.74, 6) is 0.335. The molecule has 0 unspecified atom stereocenters. The molecule has 6 nitrogen and oxygen atoms in total. The lowest BCUT2D eigenvalue weighted by atomic mass is 10.3. The van der Waals surface area contributed by atoms with Gasteiger partial charge in [0.2, 0.25) is 5.91 Å². The molecule has 0 saturated carbocycles. The average molecular weight is 307 g/mol. The van der Waals surface area contributed by atoms with Crippen LogP contribution in [-0.2, 0) is 9.63 Å². The van der Waals surface area contributed by atoms with E-state index >= 15 is 0 Å². The van der Waals surface area contributed by atoms with Crippen molar-refractivity contribution in [1.29, 1.82) is 0 Å². The molecule has 2 rings (SSSR count). The fourth-order valence-electron chi connectivity index (χ4n) is 1.81. The molecular formula is C14H15ClN4O2. The smallest absolute Gasteiger partial charge is 0.232 e. The third-order valence-corrected chi connectivity index (χ3v) is 3.03. The zero-order valence-corrected chi connectivity index (χ0v) is 12.5. The van der Waals surface area contributed by atoms with E-state index in [0.29, 0.717) is 28.6 Å². The Balaban J connectivity index is 2.49. The number of anilines is 3. The van der Waals surface area contributed by atoms with E-state index in [4.69, 9.17) is 16.4 Å². The first-order chi connectivity index (χ1) is 10.2. The van der Waals surface area contributed by atoms with E-state index in [1.807, 2.05) is 0 Å². The monoisotopic (exact) mass is 306 g/mol. The van der Waals surface area contributed by atoms with Crippen molar-refractivity contribution >= 4 is 34.7 Å². The summed E-state index contributed by atoms with van der Waals surface area (Å²) in [6.07, 6.45) is 4.97. The summed E-state index contributed by atoms with van der Waals surface area (Å²) in [5.41, 5.74) is 3.93. The van der Waals surface area contributed by atoms with E-state index < -0.39 is 0 Å². The predicted molar refractivity (Wildman–Crippen MR) is 81.6 cm³/mol. The molecule has 21 heavy (non-hydrogen) atoms. The van der Waals surface area contributed by atoms with Crippen molar-refractivity contribution in [2.45, 2.75) is 13.3 Å². The van der Waals surface area contributed by atoms with Crippen LogP contribution >= 0.6 is 11.6 Å². The molecule has 0 spiro atoms. The third-order valence-electron chi connectivity index (χ3n) is 2.74. The number of rotatable bonds is 5. The van der Waals surface area contributed by atoms with Gasteiger partial charge in [0, 0.05) is 31.1 Å². The van der Waals surface area contributed by atoms with Crippen LogP contribution in [0, 0.1) is 0 Å². The van der Waals surface area contributed by atoms with Crippen LogP contribution in [0.15, 0.2) is 36.8 Å². The molecule has 1 N–H and O–H groups in total. The standard InChI is InChI=1S/C14H15ClN4O2/c1-3-14(20)19(12-5-6-16-9-11(12)15)13-8-10(18-21-2)4-7-17-13/h4-9H,3H2,1-2H3,(H,17,18). The fourth-order valence-corrected chi connectivity index (χ4v) is 2.02. The molecule has 0 atom stereocenters. The van der Waals surface area contributed by atoms with E-state index in [1.165, 1.54) is 18.2 Å². The van der Waals surface area contributed by atoms with E-state index in [1.54, 1.807) is 37.5 Å². The largest absolute Gasteiger partial charge is 0.279 e. The van der Waals surface area contributed by atoms with E-state index in [0.717, 1.165) is 0 Å². The normalized spacial score (nSPS) is 10.2. The second kappa shape index (κ2) is 7.01. The van der Waals surface area contributed by atoms with Gasteiger partial charge in [-0.3, -0.25) is 25.0 Å². The van der Waals surface area contributed by atoms with Gasteiger partial charge in [-0.25, -0.2) is 4.98 Å². The average Bonchev–Trinajstić information content (AvgIpc) is 2.50. The lowest BCUT2D eigenvalue weighted by molar-refractivity contribution is -0.117. The van der Waals surface area contributed by atoms with Crippen LogP contribution < -0.4 is 10.4 Å². The number of nitrogens with one attached hydrogen (secondary N) is 1. The van der Waals surface area contributed by atoms with Crippen LogP contribution in [0.3, 0.4) is 0 Å². The van der Waals surface area contributed by atoms with Crippen LogP contribution in [0.4, 0.5) is 17.2 Å². The van der Waals surface area contributed by atoms with Crippen LogP contribution in [0.2, 0.25) is 5.02 Å². The zero-order chi connectivity index (χ0) is 15.2. The second-order valence-corrected chi connectivity index (χ2v) is 4.53. The summed E-state index contributed by atoms with van der Waals surface area (Å²) >= 11 is 6.15. The summed E-state index contributed by atoms with van der Waals surface area (Å²) in [4.78, 5) is 26.8. The number of halogens is 1. The highest BCUT2D eigenvalue weighted by Gasteiger charge is 2.20. The van der Waals surface area contributed by atoms with Gasteiger partial charge in [-0.2, -0.15) is 0 Å². The Bertz CT molecular complexity index is 636. The van der Waals surface area contributed by atoms with Gasteiger partial charge in [0.15, 0.2) is 0 Å². The summed E-state index contributed by atoms with van der Waals surface area (Å²) in [5, 5.41) is 0.381. The first-order valence-electron chi connectivity index (χ1n) is 6.35. The van der Waals surface area contributed by atoms with E-state index in [2.05, 4.69) is 15.4 Å². The van der Waals surface area contributed by atoms with Gasteiger partial charge < -0.3 is 0 Å². The third kappa shape index (κ3) is 3.48. The van der Waals surface area contributed by atoms with Gasteiger partial charge >= 0.3 is 0 Å². The topological polar surface area (TPSA) is 67.4 Å². The first-order valence-corrected chi connectivity index (χ1v) is 6.72. The number of pyridine rings is 2. The van der Waals surface area contributed by atoms with Crippen molar-refractivity contribution in [3.63, 3.8) is 0 Å². The fraction of sp³-hybridized carbons (Fsp3) is 0.214. The molecule has 0 radical (unpaired) electrons. The highest BCUT2D eigenvalue weighted by atomic mass is 35.5. The number of amides is 1. The quantitative estimate of drug-likeness (QED) is 0.859. The predicted octanol–water partition coefficient (Wildman–Crippen LogP) is 3.18. The van der Waals surface area contributed by atoms with Gasteiger partial charge in [0.1, 0.15) is 5.82 Å². The van der Waals surface area contributed by atoms with Crippen LogP contribution in [0.25, 0.3) is 0 Å². The summed E-state index contributed by atoms with van der Waals surface area (Å²) < 4.78 is 0. The van der Waals surface area contributed by atoms with Crippen molar-refractivity contribution in [2.75, 3.05) is 17.5 Å². The molecule has 0 saturated heterocycles. The van der Waals surface area contributed by atoms with Crippen LogP contribution in [0.5, 0.6) is 0 Å². The van der Waals surface area contributed by atoms with Crippen molar-refractivity contribution in [3.05, 3.63) is 41.8 Å². The lowest BCUT2D eigenvalue weighted by Gasteiger charge is -2.22. The number of hydrogen-bond donors (Lipinski definition) is 1. The van der Waals surface area contributed by atoms with Gasteiger partial charge in [-0.1, -0.05) is 18.5 Å². The highest BCUT2D eigenvalue weighted by molar-refractivity contribution is 6.34. The van der Waals surface area contributed by atoms with E-state index in [-0.39, 0.29) is 5.91 Å². The van der Waals surface area contributed by atoms with Gasteiger partial charge in [-0.15, -0.1) is 0 Å². The van der Waals surface area contributed by atoms with Crippen LogP contribution in [-0.4, -0.2) is 23.0 Å². The summed E-state index contributed by atoms with van der Waals surface area (Å²) in [6, 6.07) is 5.11. The van der Waals surface area contributed by atoms with Gasteiger partial charge in [0.25, 0.3) is 0 Å². The molecule has 2 aromatic rings. The molecular weight excluding hydrogens is 292 g/mol. The van der Waals surface area contributed by atoms with Crippen LogP contribution in [0.1, 0.15) is 13.3 Å². The Morgan fingerprint density at radius 3 is 2.90 bits per heavy atom. The van der Waals surface area contributed by atoms with Crippen molar-refractivity contribution in [1.82, 2.24) is 9.97 Å². The lowest BCUT2D eigenvalue weighted by Crippen LogP contribution is -2.26.